The molecule has 0 heterocycles. The smallest absolute Gasteiger partial charge is 0.221 e. The van der Waals surface area contributed by atoms with E-state index in [0.29, 0.717) is 12.3 Å². The first kappa shape index (κ1) is 12.1. The minimum atomic E-state index is 0.148. The molecule has 0 unspecified atom stereocenters. The summed E-state index contributed by atoms with van der Waals surface area (Å²) >= 11 is 0. The van der Waals surface area contributed by atoms with Gasteiger partial charge in [0.1, 0.15) is 0 Å². The number of carbonyl (C=O) groups is 1. The molecule has 17 heavy (non-hydrogen) atoms. The van der Waals surface area contributed by atoms with Crippen molar-refractivity contribution in [3.05, 3.63) is 35.4 Å². The fraction of sp³-hybridized carbons (Fsp3) is 0.500. The van der Waals surface area contributed by atoms with Crippen LogP contribution < -0.4 is 10.6 Å². The fourth-order valence-corrected chi connectivity index (χ4v) is 2.38. The highest BCUT2D eigenvalue weighted by Crippen LogP contribution is 2.25. The van der Waals surface area contributed by atoms with Gasteiger partial charge in [-0.2, -0.15) is 0 Å². The quantitative estimate of drug-likeness (QED) is 0.799. The normalized spacial score (nSPS) is 14.6. The van der Waals surface area contributed by atoms with Crippen molar-refractivity contribution in [1.82, 2.24) is 10.6 Å². The zero-order valence-corrected chi connectivity index (χ0v) is 10.3. The maximum Gasteiger partial charge on any atom is 0.221 e. The molecule has 1 amide bonds. The monoisotopic (exact) mass is 232 g/mol. The van der Waals surface area contributed by atoms with Crippen LogP contribution in [0.15, 0.2) is 24.3 Å². The molecule has 1 aromatic carbocycles. The summed E-state index contributed by atoms with van der Waals surface area (Å²) in [6.45, 7) is 1.55. The third-order valence-electron chi connectivity index (χ3n) is 3.33. The van der Waals surface area contributed by atoms with Crippen LogP contribution in [0.5, 0.6) is 0 Å². The second-order valence-electron chi connectivity index (χ2n) is 4.70. The highest BCUT2D eigenvalue weighted by Gasteiger charge is 2.20. The van der Waals surface area contributed by atoms with Crippen molar-refractivity contribution >= 4 is 5.91 Å². The Labute approximate surface area is 103 Å². The van der Waals surface area contributed by atoms with Crippen LogP contribution in [-0.4, -0.2) is 26.0 Å². The molecule has 0 saturated heterocycles. The van der Waals surface area contributed by atoms with Gasteiger partial charge in [-0.15, -0.1) is 0 Å². The van der Waals surface area contributed by atoms with Crippen molar-refractivity contribution < 1.29 is 4.79 Å². The number of nitrogens with one attached hydrogen (secondary N) is 2. The topological polar surface area (TPSA) is 41.1 Å². The number of carbonyl (C=O) groups excluding carboxylic acids is 1. The van der Waals surface area contributed by atoms with E-state index >= 15 is 0 Å². The van der Waals surface area contributed by atoms with Crippen LogP contribution in [0.25, 0.3) is 0 Å². The predicted octanol–water partition coefficient (Wildman–Crippen LogP) is 1.13. The van der Waals surface area contributed by atoms with Gasteiger partial charge in [0.2, 0.25) is 5.91 Å². The molecular formula is C14H20N2O. The van der Waals surface area contributed by atoms with Gasteiger partial charge in [-0.1, -0.05) is 24.3 Å². The Kier molecular flexibility index (Phi) is 4.15. The largest absolute Gasteiger partial charge is 0.356 e. The average Bonchev–Trinajstić information content (AvgIpc) is 2.76. The van der Waals surface area contributed by atoms with Crippen LogP contribution in [0.2, 0.25) is 0 Å². The molecule has 0 aromatic heterocycles. The standard InChI is InChI=1S/C14H20N2O/c1-15-7-6-14(17)16-10-11-8-12-4-2-3-5-13(12)9-11/h2-5,11,15H,6-10H2,1H3,(H,16,17). The van der Waals surface area contributed by atoms with E-state index in [-0.39, 0.29) is 5.91 Å². The van der Waals surface area contributed by atoms with Gasteiger partial charge in [-0.3, -0.25) is 4.79 Å². The Morgan fingerprint density at radius 3 is 2.53 bits per heavy atom. The number of hydrogen-bond acceptors (Lipinski definition) is 2. The van der Waals surface area contributed by atoms with Gasteiger partial charge >= 0.3 is 0 Å². The van der Waals surface area contributed by atoms with E-state index in [4.69, 9.17) is 0 Å². The maximum atomic E-state index is 11.5. The van der Waals surface area contributed by atoms with Crippen LogP contribution in [0, 0.1) is 5.92 Å². The lowest BCUT2D eigenvalue weighted by molar-refractivity contribution is -0.121. The van der Waals surface area contributed by atoms with Crippen molar-refractivity contribution in [1.29, 1.82) is 0 Å². The number of rotatable bonds is 5. The second kappa shape index (κ2) is 5.82. The van der Waals surface area contributed by atoms with E-state index in [2.05, 4.69) is 34.9 Å². The van der Waals surface area contributed by atoms with Crippen LogP contribution >= 0.6 is 0 Å². The number of benzene rings is 1. The Morgan fingerprint density at radius 2 is 1.94 bits per heavy atom. The van der Waals surface area contributed by atoms with Gasteiger partial charge < -0.3 is 10.6 Å². The van der Waals surface area contributed by atoms with E-state index in [1.807, 2.05) is 7.05 Å². The summed E-state index contributed by atoms with van der Waals surface area (Å²) in [6.07, 6.45) is 2.77. The highest BCUT2D eigenvalue weighted by atomic mass is 16.1. The molecule has 0 saturated carbocycles. The van der Waals surface area contributed by atoms with Gasteiger partial charge in [0, 0.05) is 19.5 Å². The first-order valence-electron chi connectivity index (χ1n) is 6.27. The van der Waals surface area contributed by atoms with Crippen molar-refractivity contribution in [2.75, 3.05) is 20.1 Å². The van der Waals surface area contributed by atoms with Crippen molar-refractivity contribution in [2.45, 2.75) is 19.3 Å². The lowest BCUT2D eigenvalue weighted by atomic mass is 10.1. The summed E-state index contributed by atoms with van der Waals surface area (Å²) < 4.78 is 0. The summed E-state index contributed by atoms with van der Waals surface area (Å²) in [5, 5.41) is 6.00. The van der Waals surface area contributed by atoms with Crippen LogP contribution in [0.1, 0.15) is 17.5 Å². The van der Waals surface area contributed by atoms with Crippen LogP contribution in [0.3, 0.4) is 0 Å². The first-order valence-corrected chi connectivity index (χ1v) is 6.27. The molecule has 0 atom stereocenters. The Bertz CT molecular complexity index is 365. The molecule has 3 nitrogen and oxygen atoms in total. The highest BCUT2D eigenvalue weighted by molar-refractivity contribution is 5.76. The Balaban J connectivity index is 1.75. The Morgan fingerprint density at radius 1 is 1.29 bits per heavy atom. The van der Waals surface area contributed by atoms with Crippen molar-refractivity contribution in [2.24, 2.45) is 5.92 Å². The van der Waals surface area contributed by atoms with Crippen molar-refractivity contribution in [3.8, 4) is 0 Å². The van der Waals surface area contributed by atoms with Crippen LogP contribution in [-0.2, 0) is 17.6 Å². The van der Waals surface area contributed by atoms with Gasteiger partial charge in [-0.25, -0.2) is 0 Å². The van der Waals surface area contributed by atoms with E-state index in [9.17, 15) is 4.79 Å². The number of amides is 1. The van der Waals surface area contributed by atoms with Crippen LogP contribution in [0.4, 0.5) is 0 Å². The number of fused-ring (bicyclic) bond motifs is 1. The van der Waals surface area contributed by atoms with Crippen molar-refractivity contribution in [3.63, 3.8) is 0 Å². The molecule has 92 valence electrons. The summed E-state index contributed by atoms with van der Waals surface area (Å²) in [4.78, 5) is 11.5. The average molecular weight is 232 g/mol. The molecule has 2 N–H and O–H groups in total. The minimum absolute atomic E-state index is 0.148. The third kappa shape index (κ3) is 3.30. The van der Waals surface area contributed by atoms with E-state index in [0.717, 1.165) is 25.9 Å². The summed E-state index contributed by atoms with van der Waals surface area (Å²) in [6, 6.07) is 8.57. The number of hydrogen-bond donors (Lipinski definition) is 2. The molecule has 1 aliphatic carbocycles. The van der Waals surface area contributed by atoms with E-state index in [1.54, 1.807) is 0 Å². The first-order chi connectivity index (χ1) is 8.29. The molecule has 0 fully saturated rings. The van der Waals surface area contributed by atoms with E-state index < -0.39 is 0 Å². The van der Waals surface area contributed by atoms with Gasteiger partial charge in [0.15, 0.2) is 0 Å². The lowest BCUT2D eigenvalue weighted by Gasteiger charge is -2.10. The molecule has 0 bridgehead atoms. The molecule has 1 aromatic rings. The molecule has 0 aliphatic heterocycles. The Hall–Kier alpha value is -1.35. The molecule has 1 aliphatic rings. The minimum Gasteiger partial charge on any atom is -0.356 e. The summed E-state index contributed by atoms with van der Waals surface area (Å²) in [5.41, 5.74) is 2.89. The molecule has 3 heteroatoms. The zero-order chi connectivity index (χ0) is 12.1. The molecule has 0 spiro atoms. The predicted molar refractivity (Wildman–Crippen MR) is 68.9 cm³/mol. The lowest BCUT2D eigenvalue weighted by Crippen LogP contribution is -2.31. The summed E-state index contributed by atoms with van der Waals surface area (Å²) in [7, 11) is 1.86. The van der Waals surface area contributed by atoms with Gasteiger partial charge in [0.05, 0.1) is 0 Å². The third-order valence-corrected chi connectivity index (χ3v) is 3.33. The van der Waals surface area contributed by atoms with Gasteiger partial charge in [0.25, 0.3) is 0 Å². The SMILES string of the molecule is CNCCC(=O)NCC1Cc2ccccc2C1. The zero-order valence-electron chi connectivity index (χ0n) is 10.3. The van der Waals surface area contributed by atoms with E-state index in [1.165, 1.54) is 11.1 Å². The molecular weight excluding hydrogens is 212 g/mol. The summed E-state index contributed by atoms with van der Waals surface area (Å²) in [5.74, 6) is 0.723. The second-order valence-corrected chi connectivity index (χ2v) is 4.70. The van der Waals surface area contributed by atoms with Gasteiger partial charge in [-0.05, 0) is 36.9 Å². The fourth-order valence-electron chi connectivity index (χ4n) is 2.38. The molecule has 0 radical (unpaired) electrons. The molecule has 2 rings (SSSR count). The maximum absolute atomic E-state index is 11.5.